The SMILES string of the molecule is O=C(O)c1cnn(-c2cccc(Br)c2)c1I. The zero-order valence-electron chi connectivity index (χ0n) is 7.89. The Hall–Kier alpha value is -0.890. The number of nitrogens with zero attached hydrogens (tertiary/aromatic N) is 2. The van der Waals surface area contributed by atoms with Gasteiger partial charge in [0.25, 0.3) is 0 Å². The van der Waals surface area contributed by atoms with Crippen molar-refractivity contribution in [3.05, 3.63) is 44.2 Å². The fourth-order valence-electron chi connectivity index (χ4n) is 1.26. The van der Waals surface area contributed by atoms with Gasteiger partial charge in [-0.3, -0.25) is 0 Å². The van der Waals surface area contributed by atoms with Gasteiger partial charge in [0.2, 0.25) is 0 Å². The molecule has 0 aliphatic heterocycles. The monoisotopic (exact) mass is 392 g/mol. The van der Waals surface area contributed by atoms with E-state index in [1.54, 1.807) is 4.68 Å². The van der Waals surface area contributed by atoms with E-state index in [0.717, 1.165) is 10.2 Å². The van der Waals surface area contributed by atoms with E-state index in [2.05, 4.69) is 21.0 Å². The summed E-state index contributed by atoms with van der Waals surface area (Å²) in [6, 6.07) is 7.52. The summed E-state index contributed by atoms with van der Waals surface area (Å²) in [5.74, 6) is -0.967. The Morgan fingerprint density at radius 2 is 2.25 bits per heavy atom. The van der Waals surface area contributed by atoms with E-state index < -0.39 is 5.97 Å². The lowest BCUT2D eigenvalue weighted by Crippen LogP contribution is -2.02. The molecule has 6 heteroatoms. The molecular weight excluding hydrogens is 387 g/mol. The standard InChI is InChI=1S/C10H6BrIN2O2/c11-6-2-1-3-7(4-6)14-9(12)8(5-13-14)10(15)16/h1-5H,(H,15,16). The van der Waals surface area contributed by atoms with Gasteiger partial charge in [-0.25, -0.2) is 9.48 Å². The molecule has 1 aromatic heterocycles. The van der Waals surface area contributed by atoms with E-state index in [9.17, 15) is 4.79 Å². The topological polar surface area (TPSA) is 55.1 Å². The van der Waals surface area contributed by atoms with Gasteiger partial charge in [-0.1, -0.05) is 22.0 Å². The van der Waals surface area contributed by atoms with Crippen LogP contribution in [0.15, 0.2) is 34.9 Å². The van der Waals surface area contributed by atoms with Crippen molar-refractivity contribution in [1.82, 2.24) is 9.78 Å². The molecule has 82 valence electrons. The molecule has 1 N–H and O–H groups in total. The van der Waals surface area contributed by atoms with E-state index in [4.69, 9.17) is 5.11 Å². The molecule has 0 amide bonds. The van der Waals surface area contributed by atoms with Gasteiger partial charge in [-0.2, -0.15) is 5.10 Å². The van der Waals surface area contributed by atoms with Crippen molar-refractivity contribution in [3.8, 4) is 5.69 Å². The number of carbonyl (C=O) groups is 1. The fourth-order valence-corrected chi connectivity index (χ4v) is 2.43. The molecule has 4 nitrogen and oxygen atoms in total. The van der Waals surface area contributed by atoms with Crippen LogP contribution in [0.1, 0.15) is 10.4 Å². The molecule has 0 fully saturated rings. The van der Waals surface area contributed by atoms with Crippen LogP contribution < -0.4 is 0 Å². The molecule has 0 unspecified atom stereocenters. The first-order valence-corrected chi connectivity index (χ1v) is 6.19. The highest BCUT2D eigenvalue weighted by Gasteiger charge is 2.14. The van der Waals surface area contributed by atoms with Gasteiger partial charge in [0.15, 0.2) is 0 Å². The smallest absolute Gasteiger partial charge is 0.340 e. The second-order valence-corrected chi connectivity index (χ2v) is 4.98. The van der Waals surface area contributed by atoms with E-state index in [1.165, 1.54) is 6.20 Å². The van der Waals surface area contributed by atoms with Crippen molar-refractivity contribution < 1.29 is 9.90 Å². The van der Waals surface area contributed by atoms with Gasteiger partial charge in [0.1, 0.15) is 9.26 Å². The first kappa shape index (κ1) is 11.6. The number of aromatic nitrogens is 2. The third-order valence-corrected chi connectivity index (χ3v) is 3.53. The largest absolute Gasteiger partial charge is 0.478 e. The number of hydrogen-bond donors (Lipinski definition) is 1. The summed E-state index contributed by atoms with van der Waals surface area (Å²) in [6.45, 7) is 0. The minimum atomic E-state index is -0.967. The molecule has 0 bridgehead atoms. The van der Waals surface area contributed by atoms with Gasteiger partial charge < -0.3 is 5.11 Å². The third-order valence-electron chi connectivity index (χ3n) is 1.99. The maximum Gasteiger partial charge on any atom is 0.340 e. The average molecular weight is 393 g/mol. The number of carboxylic acids is 1. The first-order valence-electron chi connectivity index (χ1n) is 4.32. The summed E-state index contributed by atoms with van der Waals surface area (Å²) in [4.78, 5) is 10.9. The third kappa shape index (κ3) is 2.12. The van der Waals surface area contributed by atoms with Gasteiger partial charge in [0.05, 0.1) is 11.9 Å². The van der Waals surface area contributed by atoms with Crippen LogP contribution in [0.25, 0.3) is 5.69 Å². The van der Waals surface area contributed by atoms with Crippen LogP contribution in [0.5, 0.6) is 0 Å². The number of aromatic carboxylic acids is 1. The highest BCUT2D eigenvalue weighted by atomic mass is 127. The number of benzene rings is 1. The summed E-state index contributed by atoms with van der Waals surface area (Å²) < 4.78 is 3.10. The molecule has 0 aliphatic carbocycles. The van der Waals surface area contributed by atoms with Crippen LogP contribution in [0.2, 0.25) is 0 Å². The molecule has 0 saturated carbocycles. The molecule has 2 rings (SSSR count). The summed E-state index contributed by atoms with van der Waals surface area (Å²) in [5, 5.41) is 13.0. The molecule has 0 spiro atoms. The van der Waals surface area contributed by atoms with Crippen molar-refractivity contribution in [1.29, 1.82) is 0 Å². The Morgan fingerprint density at radius 1 is 1.50 bits per heavy atom. The van der Waals surface area contributed by atoms with E-state index in [-0.39, 0.29) is 5.56 Å². The van der Waals surface area contributed by atoms with Crippen LogP contribution in [0.4, 0.5) is 0 Å². The molecular formula is C10H6BrIN2O2. The summed E-state index contributed by atoms with van der Waals surface area (Å²) >= 11 is 5.33. The van der Waals surface area contributed by atoms with Gasteiger partial charge in [0, 0.05) is 4.47 Å². The lowest BCUT2D eigenvalue weighted by molar-refractivity contribution is 0.0695. The Balaban J connectivity index is 2.53. The molecule has 1 heterocycles. The minimum Gasteiger partial charge on any atom is -0.478 e. The zero-order valence-corrected chi connectivity index (χ0v) is 11.6. The molecule has 1 aromatic carbocycles. The zero-order chi connectivity index (χ0) is 11.7. The molecule has 16 heavy (non-hydrogen) atoms. The molecule has 0 aliphatic rings. The van der Waals surface area contributed by atoms with Crippen molar-refractivity contribution in [2.75, 3.05) is 0 Å². The van der Waals surface area contributed by atoms with E-state index in [1.807, 2.05) is 46.9 Å². The van der Waals surface area contributed by atoms with Crippen LogP contribution >= 0.6 is 38.5 Å². The number of hydrogen-bond acceptors (Lipinski definition) is 2. The van der Waals surface area contributed by atoms with Crippen LogP contribution in [-0.2, 0) is 0 Å². The normalized spacial score (nSPS) is 10.4. The van der Waals surface area contributed by atoms with Crippen molar-refractivity contribution in [3.63, 3.8) is 0 Å². The maximum atomic E-state index is 10.9. The lowest BCUT2D eigenvalue weighted by atomic mass is 10.3. The second-order valence-electron chi connectivity index (χ2n) is 3.05. The van der Waals surface area contributed by atoms with Crippen LogP contribution in [0.3, 0.4) is 0 Å². The predicted molar refractivity (Wildman–Crippen MR) is 70.9 cm³/mol. The Bertz CT molecular complexity index is 554. The van der Waals surface area contributed by atoms with Crippen LogP contribution in [0, 0.1) is 3.70 Å². The number of carboxylic acid groups (broad SMARTS) is 1. The number of rotatable bonds is 2. The Labute approximate surface area is 114 Å². The highest BCUT2D eigenvalue weighted by molar-refractivity contribution is 14.1. The molecule has 0 atom stereocenters. The summed E-state index contributed by atoms with van der Waals surface area (Å²) in [6.07, 6.45) is 1.35. The molecule has 0 radical (unpaired) electrons. The summed E-state index contributed by atoms with van der Waals surface area (Å²) in [5.41, 5.74) is 1.03. The molecule has 2 aromatic rings. The predicted octanol–water partition coefficient (Wildman–Crippen LogP) is 2.94. The lowest BCUT2D eigenvalue weighted by Gasteiger charge is -2.03. The molecule has 0 saturated heterocycles. The van der Waals surface area contributed by atoms with Gasteiger partial charge in [-0.15, -0.1) is 0 Å². The van der Waals surface area contributed by atoms with Gasteiger partial charge >= 0.3 is 5.97 Å². The van der Waals surface area contributed by atoms with E-state index >= 15 is 0 Å². The summed E-state index contributed by atoms with van der Waals surface area (Å²) in [7, 11) is 0. The Morgan fingerprint density at radius 3 is 2.81 bits per heavy atom. The first-order chi connectivity index (χ1) is 7.59. The quantitative estimate of drug-likeness (QED) is 0.799. The van der Waals surface area contributed by atoms with E-state index in [0.29, 0.717) is 3.70 Å². The van der Waals surface area contributed by atoms with Crippen LogP contribution in [-0.4, -0.2) is 20.9 Å². The maximum absolute atomic E-state index is 10.9. The number of halogens is 2. The average Bonchev–Trinajstić information content (AvgIpc) is 2.60. The second kappa shape index (κ2) is 4.54. The fraction of sp³-hybridized carbons (Fsp3) is 0. The highest BCUT2D eigenvalue weighted by Crippen LogP contribution is 2.19. The van der Waals surface area contributed by atoms with Gasteiger partial charge in [-0.05, 0) is 40.8 Å². The van der Waals surface area contributed by atoms with Crippen molar-refractivity contribution in [2.45, 2.75) is 0 Å². The minimum absolute atomic E-state index is 0.209. The van der Waals surface area contributed by atoms with Crippen molar-refractivity contribution >= 4 is 44.5 Å². The van der Waals surface area contributed by atoms with Crippen molar-refractivity contribution in [2.24, 2.45) is 0 Å². The Kier molecular flexibility index (Phi) is 3.29.